The number of benzene rings is 2. The van der Waals surface area contributed by atoms with Crippen LogP contribution < -0.4 is 14.8 Å². The summed E-state index contributed by atoms with van der Waals surface area (Å²) in [5.41, 5.74) is 1.74. The summed E-state index contributed by atoms with van der Waals surface area (Å²) in [5.74, 6) is 1.45. The number of carbonyl (C=O) groups excluding carboxylic acids is 1. The van der Waals surface area contributed by atoms with Gasteiger partial charge in [-0.15, -0.1) is 0 Å². The Morgan fingerprint density at radius 2 is 1.87 bits per heavy atom. The first-order valence-electron chi connectivity index (χ1n) is 7.54. The van der Waals surface area contributed by atoms with Crippen molar-refractivity contribution in [1.29, 1.82) is 0 Å². The van der Waals surface area contributed by atoms with Crippen molar-refractivity contribution in [3.05, 3.63) is 59.7 Å². The number of hydrogen-bond donors (Lipinski definition) is 1. The van der Waals surface area contributed by atoms with Crippen molar-refractivity contribution in [2.75, 3.05) is 27.4 Å². The number of hydrogen-bond acceptors (Lipinski definition) is 4. The summed E-state index contributed by atoms with van der Waals surface area (Å²) in [6.45, 7) is 0.774. The Kier molecular flexibility index (Phi) is 4.48. The number of fused-ring (bicyclic) bond motifs is 1. The van der Waals surface area contributed by atoms with E-state index in [9.17, 15) is 4.79 Å². The summed E-state index contributed by atoms with van der Waals surface area (Å²) in [6.07, 6.45) is 0. The fourth-order valence-electron chi connectivity index (χ4n) is 2.60. The van der Waals surface area contributed by atoms with Gasteiger partial charge in [-0.3, -0.25) is 4.79 Å². The van der Waals surface area contributed by atoms with E-state index in [2.05, 4.69) is 10.2 Å². The Labute approximate surface area is 135 Å². The summed E-state index contributed by atoms with van der Waals surface area (Å²) in [5, 5.41) is 2.99. The smallest absolute Gasteiger partial charge is 0.251 e. The van der Waals surface area contributed by atoms with Crippen molar-refractivity contribution < 1.29 is 14.3 Å². The summed E-state index contributed by atoms with van der Waals surface area (Å²) in [7, 11) is 3.98. The van der Waals surface area contributed by atoms with Crippen LogP contribution in [0.15, 0.2) is 48.5 Å². The quantitative estimate of drug-likeness (QED) is 0.921. The lowest BCUT2D eigenvalue weighted by atomic mass is 10.0. The van der Waals surface area contributed by atoms with Gasteiger partial charge in [0.2, 0.25) is 6.79 Å². The standard InChI is InChI=1S/C18H20N2O3/c1-20(2)15(11-19-18(21)13-6-4-3-5-7-13)14-8-9-16-17(10-14)23-12-22-16/h3-10,15H,11-12H2,1-2H3,(H,19,21)/t15-/m0/s1. The van der Waals surface area contributed by atoms with Gasteiger partial charge in [0.15, 0.2) is 11.5 Å². The molecule has 0 spiro atoms. The van der Waals surface area contributed by atoms with E-state index in [1.54, 1.807) is 12.1 Å². The second kappa shape index (κ2) is 6.71. The molecule has 3 rings (SSSR count). The summed E-state index contributed by atoms with van der Waals surface area (Å²) >= 11 is 0. The van der Waals surface area contributed by atoms with E-state index in [0.717, 1.165) is 17.1 Å². The lowest BCUT2D eigenvalue weighted by Gasteiger charge is -2.25. The molecule has 1 atom stereocenters. The van der Waals surface area contributed by atoms with Crippen molar-refractivity contribution in [2.24, 2.45) is 0 Å². The van der Waals surface area contributed by atoms with E-state index in [1.807, 2.05) is 50.5 Å². The Morgan fingerprint density at radius 1 is 1.13 bits per heavy atom. The molecule has 1 aliphatic heterocycles. The molecule has 0 aromatic heterocycles. The van der Waals surface area contributed by atoms with Crippen molar-refractivity contribution in [3.8, 4) is 11.5 Å². The first-order chi connectivity index (χ1) is 11.1. The van der Waals surface area contributed by atoms with Crippen LogP contribution in [0.25, 0.3) is 0 Å². The highest BCUT2D eigenvalue weighted by Gasteiger charge is 2.20. The number of rotatable bonds is 5. The molecule has 0 bridgehead atoms. The molecule has 0 saturated heterocycles. The maximum absolute atomic E-state index is 12.2. The first kappa shape index (κ1) is 15.4. The molecule has 120 valence electrons. The minimum atomic E-state index is -0.0711. The fourth-order valence-corrected chi connectivity index (χ4v) is 2.60. The SMILES string of the molecule is CN(C)[C@@H](CNC(=O)c1ccccc1)c1ccc2c(c1)OCO2. The Balaban J connectivity index is 1.71. The van der Waals surface area contributed by atoms with Gasteiger partial charge in [0.25, 0.3) is 5.91 Å². The van der Waals surface area contributed by atoms with Crippen LogP contribution in [0.1, 0.15) is 22.0 Å². The predicted molar refractivity (Wildman–Crippen MR) is 87.8 cm³/mol. The zero-order valence-corrected chi connectivity index (χ0v) is 13.3. The lowest BCUT2D eigenvalue weighted by molar-refractivity contribution is 0.0942. The minimum Gasteiger partial charge on any atom is -0.454 e. The van der Waals surface area contributed by atoms with Crippen LogP contribution >= 0.6 is 0 Å². The van der Waals surface area contributed by atoms with Crippen molar-refractivity contribution >= 4 is 5.91 Å². The molecular weight excluding hydrogens is 292 g/mol. The molecule has 0 unspecified atom stereocenters. The van der Waals surface area contributed by atoms with Gasteiger partial charge in [-0.25, -0.2) is 0 Å². The molecule has 1 N–H and O–H groups in total. The Hall–Kier alpha value is -2.53. The van der Waals surface area contributed by atoms with Crippen LogP contribution in [0.3, 0.4) is 0 Å². The van der Waals surface area contributed by atoms with Gasteiger partial charge in [-0.05, 0) is 43.9 Å². The molecule has 5 heteroatoms. The number of carbonyl (C=O) groups is 1. The van der Waals surface area contributed by atoms with E-state index in [0.29, 0.717) is 12.1 Å². The normalized spacial score (nSPS) is 13.9. The zero-order valence-electron chi connectivity index (χ0n) is 13.3. The summed E-state index contributed by atoms with van der Waals surface area (Å²) < 4.78 is 10.8. The van der Waals surface area contributed by atoms with E-state index in [4.69, 9.17) is 9.47 Å². The molecule has 5 nitrogen and oxygen atoms in total. The molecule has 0 fully saturated rings. The van der Waals surface area contributed by atoms with Gasteiger partial charge >= 0.3 is 0 Å². The van der Waals surface area contributed by atoms with Gasteiger partial charge < -0.3 is 19.7 Å². The Morgan fingerprint density at radius 3 is 2.61 bits per heavy atom. The Bertz CT molecular complexity index is 686. The van der Waals surface area contributed by atoms with Gasteiger partial charge in [-0.2, -0.15) is 0 Å². The molecule has 1 heterocycles. The van der Waals surface area contributed by atoms with Crippen LogP contribution in [0, 0.1) is 0 Å². The number of ether oxygens (including phenoxy) is 2. The third-order valence-corrected chi connectivity index (χ3v) is 3.90. The number of nitrogens with zero attached hydrogens (tertiary/aromatic N) is 1. The molecule has 0 aliphatic carbocycles. The highest BCUT2D eigenvalue weighted by atomic mass is 16.7. The highest BCUT2D eigenvalue weighted by Crippen LogP contribution is 2.34. The van der Waals surface area contributed by atoms with Crippen LogP contribution in [0.4, 0.5) is 0 Å². The van der Waals surface area contributed by atoms with Crippen LogP contribution in [0.2, 0.25) is 0 Å². The highest BCUT2D eigenvalue weighted by molar-refractivity contribution is 5.94. The summed E-state index contributed by atoms with van der Waals surface area (Å²) in [6, 6.07) is 15.2. The third-order valence-electron chi connectivity index (χ3n) is 3.90. The third kappa shape index (κ3) is 3.46. The first-order valence-corrected chi connectivity index (χ1v) is 7.54. The topological polar surface area (TPSA) is 50.8 Å². The van der Waals surface area contributed by atoms with Gasteiger partial charge in [0.05, 0.1) is 6.04 Å². The molecule has 2 aromatic rings. The van der Waals surface area contributed by atoms with Gasteiger partial charge in [-0.1, -0.05) is 24.3 Å². The van der Waals surface area contributed by atoms with E-state index in [1.165, 1.54) is 0 Å². The van der Waals surface area contributed by atoms with Crippen LogP contribution in [0.5, 0.6) is 11.5 Å². The second-order valence-corrected chi connectivity index (χ2v) is 5.67. The molecule has 23 heavy (non-hydrogen) atoms. The second-order valence-electron chi connectivity index (χ2n) is 5.67. The maximum atomic E-state index is 12.2. The van der Waals surface area contributed by atoms with E-state index in [-0.39, 0.29) is 18.7 Å². The average Bonchev–Trinajstić information content (AvgIpc) is 3.03. The molecular formula is C18H20N2O3. The minimum absolute atomic E-state index is 0.0529. The fraction of sp³-hybridized carbons (Fsp3) is 0.278. The van der Waals surface area contributed by atoms with E-state index < -0.39 is 0 Å². The maximum Gasteiger partial charge on any atom is 0.251 e. The van der Waals surface area contributed by atoms with Crippen LogP contribution in [-0.4, -0.2) is 38.2 Å². The van der Waals surface area contributed by atoms with E-state index >= 15 is 0 Å². The molecule has 1 amide bonds. The average molecular weight is 312 g/mol. The summed E-state index contributed by atoms with van der Waals surface area (Å²) in [4.78, 5) is 14.3. The largest absolute Gasteiger partial charge is 0.454 e. The van der Waals surface area contributed by atoms with Gasteiger partial charge in [0, 0.05) is 12.1 Å². The predicted octanol–water partition coefficient (Wildman–Crippen LogP) is 2.45. The molecule has 1 aliphatic rings. The number of amides is 1. The number of nitrogens with one attached hydrogen (secondary N) is 1. The molecule has 2 aromatic carbocycles. The number of likely N-dealkylation sites (N-methyl/N-ethyl adjacent to an activating group) is 1. The van der Waals surface area contributed by atoms with Crippen LogP contribution in [-0.2, 0) is 0 Å². The zero-order chi connectivity index (χ0) is 16.2. The molecule has 0 radical (unpaired) electrons. The molecule has 0 saturated carbocycles. The van der Waals surface area contributed by atoms with Crippen molar-refractivity contribution in [2.45, 2.75) is 6.04 Å². The van der Waals surface area contributed by atoms with Crippen molar-refractivity contribution in [3.63, 3.8) is 0 Å². The monoisotopic (exact) mass is 312 g/mol. The van der Waals surface area contributed by atoms with Crippen molar-refractivity contribution in [1.82, 2.24) is 10.2 Å². The van der Waals surface area contributed by atoms with Gasteiger partial charge in [0.1, 0.15) is 0 Å². The lowest BCUT2D eigenvalue weighted by Crippen LogP contribution is -2.34.